The van der Waals surface area contributed by atoms with Crippen LogP contribution in [0.25, 0.3) is 0 Å². The van der Waals surface area contributed by atoms with E-state index in [4.69, 9.17) is 9.84 Å². The van der Waals surface area contributed by atoms with E-state index in [2.05, 4.69) is 18.3 Å². The Balaban J connectivity index is 2.33. The molecule has 20 heavy (non-hydrogen) atoms. The van der Waals surface area contributed by atoms with Crippen LogP contribution >= 0.6 is 0 Å². The molecule has 0 aromatic heterocycles. The van der Waals surface area contributed by atoms with Gasteiger partial charge in [-0.05, 0) is 49.9 Å². The Morgan fingerprint density at radius 1 is 1.20 bits per heavy atom. The van der Waals surface area contributed by atoms with Gasteiger partial charge in [-0.15, -0.1) is 0 Å². The van der Waals surface area contributed by atoms with Crippen LogP contribution in [-0.2, 0) is 0 Å². The summed E-state index contributed by atoms with van der Waals surface area (Å²) in [6.45, 7) is 7.03. The third kappa shape index (κ3) is 6.37. The molecule has 0 amide bonds. The van der Waals surface area contributed by atoms with E-state index in [0.29, 0.717) is 13.0 Å². The van der Waals surface area contributed by atoms with Gasteiger partial charge in [0.05, 0.1) is 0 Å². The Morgan fingerprint density at radius 2 is 1.85 bits per heavy atom. The highest BCUT2D eigenvalue weighted by atomic mass is 16.5. The summed E-state index contributed by atoms with van der Waals surface area (Å²) in [6, 6.07) is 6.27. The maximum atomic E-state index is 9.91. The first-order valence-corrected chi connectivity index (χ1v) is 7.28. The summed E-state index contributed by atoms with van der Waals surface area (Å²) in [6.07, 6.45) is 1.09. The average Bonchev–Trinajstić information content (AvgIpc) is 2.40. The van der Waals surface area contributed by atoms with Gasteiger partial charge in [-0.3, -0.25) is 0 Å². The third-order valence-corrected chi connectivity index (χ3v) is 3.25. The number of benzene rings is 1. The van der Waals surface area contributed by atoms with Crippen LogP contribution in [0.3, 0.4) is 0 Å². The van der Waals surface area contributed by atoms with Crippen molar-refractivity contribution in [2.45, 2.75) is 45.8 Å². The van der Waals surface area contributed by atoms with Gasteiger partial charge in [0.1, 0.15) is 18.5 Å². The molecule has 0 bridgehead atoms. The van der Waals surface area contributed by atoms with Gasteiger partial charge in [0.2, 0.25) is 0 Å². The molecule has 1 aromatic carbocycles. The quantitative estimate of drug-likeness (QED) is 0.646. The van der Waals surface area contributed by atoms with E-state index in [-0.39, 0.29) is 19.3 Å². The standard InChI is InChI=1S/C16H27NO3/c1-4-14(5-6-18)17-10-15(19)11-20-16-8-12(2)7-13(3)9-16/h7-9,14-15,17-19H,4-6,10-11H2,1-3H3. The fourth-order valence-corrected chi connectivity index (χ4v) is 2.18. The zero-order chi connectivity index (χ0) is 15.0. The first kappa shape index (κ1) is 17.0. The Kier molecular flexibility index (Phi) is 7.59. The van der Waals surface area contributed by atoms with Crippen LogP contribution in [0.4, 0.5) is 0 Å². The summed E-state index contributed by atoms with van der Waals surface area (Å²) < 4.78 is 5.62. The molecule has 0 radical (unpaired) electrons. The predicted molar refractivity (Wildman–Crippen MR) is 81.2 cm³/mol. The van der Waals surface area contributed by atoms with E-state index >= 15 is 0 Å². The number of hydrogen-bond donors (Lipinski definition) is 3. The van der Waals surface area contributed by atoms with E-state index in [1.165, 1.54) is 0 Å². The van der Waals surface area contributed by atoms with Crippen molar-refractivity contribution in [3.05, 3.63) is 29.3 Å². The fourth-order valence-electron chi connectivity index (χ4n) is 2.18. The van der Waals surface area contributed by atoms with Gasteiger partial charge in [-0.2, -0.15) is 0 Å². The lowest BCUT2D eigenvalue weighted by atomic mass is 10.1. The number of hydrogen-bond acceptors (Lipinski definition) is 4. The Bertz CT molecular complexity index is 375. The number of ether oxygens (including phenoxy) is 1. The maximum Gasteiger partial charge on any atom is 0.119 e. The minimum Gasteiger partial charge on any atom is -0.491 e. The van der Waals surface area contributed by atoms with Gasteiger partial charge in [-0.25, -0.2) is 0 Å². The largest absolute Gasteiger partial charge is 0.491 e. The van der Waals surface area contributed by atoms with Crippen LogP contribution in [0.1, 0.15) is 30.9 Å². The van der Waals surface area contributed by atoms with Crippen LogP contribution in [0.2, 0.25) is 0 Å². The van der Waals surface area contributed by atoms with Crippen LogP contribution in [0.15, 0.2) is 18.2 Å². The van der Waals surface area contributed by atoms with E-state index in [9.17, 15) is 5.11 Å². The Morgan fingerprint density at radius 3 is 2.40 bits per heavy atom. The van der Waals surface area contributed by atoms with Crippen LogP contribution in [-0.4, -0.2) is 42.1 Å². The van der Waals surface area contributed by atoms with Gasteiger partial charge in [0.15, 0.2) is 0 Å². The first-order valence-electron chi connectivity index (χ1n) is 7.28. The maximum absolute atomic E-state index is 9.91. The van der Waals surface area contributed by atoms with Crippen molar-refractivity contribution >= 4 is 0 Å². The van der Waals surface area contributed by atoms with E-state index in [0.717, 1.165) is 23.3 Å². The second-order valence-corrected chi connectivity index (χ2v) is 5.31. The molecule has 0 aliphatic rings. The molecule has 4 nitrogen and oxygen atoms in total. The van der Waals surface area contributed by atoms with Crippen molar-refractivity contribution in [3.63, 3.8) is 0 Å². The topological polar surface area (TPSA) is 61.7 Å². The first-order chi connectivity index (χ1) is 9.55. The molecule has 2 unspecified atom stereocenters. The lowest BCUT2D eigenvalue weighted by Crippen LogP contribution is -2.38. The Hall–Kier alpha value is -1.10. The minimum atomic E-state index is -0.552. The summed E-state index contributed by atoms with van der Waals surface area (Å²) >= 11 is 0. The number of nitrogens with one attached hydrogen (secondary N) is 1. The van der Waals surface area contributed by atoms with Crippen LogP contribution in [0, 0.1) is 13.8 Å². The molecule has 114 valence electrons. The van der Waals surface area contributed by atoms with Gasteiger partial charge >= 0.3 is 0 Å². The van der Waals surface area contributed by atoms with Gasteiger partial charge < -0.3 is 20.3 Å². The summed E-state index contributed by atoms with van der Waals surface area (Å²) in [7, 11) is 0. The highest BCUT2D eigenvalue weighted by molar-refractivity contribution is 5.32. The Labute approximate surface area is 121 Å². The summed E-state index contributed by atoms with van der Waals surface area (Å²) in [5, 5.41) is 22.1. The fraction of sp³-hybridized carbons (Fsp3) is 0.625. The molecule has 0 saturated carbocycles. The smallest absolute Gasteiger partial charge is 0.119 e. The predicted octanol–water partition coefficient (Wildman–Crippen LogP) is 1.79. The summed E-state index contributed by atoms with van der Waals surface area (Å²) in [5.74, 6) is 0.795. The molecule has 0 fully saturated rings. The molecule has 0 aliphatic heterocycles. The lowest BCUT2D eigenvalue weighted by molar-refractivity contribution is 0.102. The summed E-state index contributed by atoms with van der Waals surface area (Å²) in [4.78, 5) is 0. The van der Waals surface area contributed by atoms with Crippen LogP contribution in [0.5, 0.6) is 5.75 Å². The highest BCUT2D eigenvalue weighted by Crippen LogP contribution is 2.16. The monoisotopic (exact) mass is 281 g/mol. The number of aliphatic hydroxyl groups is 2. The van der Waals surface area contributed by atoms with Crippen LogP contribution < -0.4 is 10.1 Å². The molecular weight excluding hydrogens is 254 g/mol. The third-order valence-electron chi connectivity index (χ3n) is 3.25. The highest BCUT2D eigenvalue weighted by Gasteiger charge is 2.10. The molecular formula is C16H27NO3. The average molecular weight is 281 g/mol. The lowest BCUT2D eigenvalue weighted by Gasteiger charge is -2.19. The van der Waals surface area contributed by atoms with E-state index in [1.807, 2.05) is 26.0 Å². The molecule has 0 spiro atoms. The second-order valence-electron chi connectivity index (χ2n) is 5.31. The second kappa shape index (κ2) is 8.95. The number of rotatable bonds is 9. The molecule has 2 atom stereocenters. The number of aliphatic hydroxyl groups excluding tert-OH is 2. The van der Waals surface area contributed by atoms with E-state index in [1.54, 1.807) is 0 Å². The van der Waals surface area contributed by atoms with Gasteiger partial charge in [0.25, 0.3) is 0 Å². The zero-order valence-corrected chi connectivity index (χ0v) is 12.7. The zero-order valence-electron chi connectivity index (χ0n) is 12.7. The van der Waals surface area contributed by atoms with Gasteiger partial charge in [0, 0.05) is 19.2 Å². The molecule has 0 saturated heterocycles. The van der Waals surface area contributed by atoms with Crippen molar-refractivity contribution in [1.82, 2.24) is 5.32 Å². The summed E-state index contributed by atoms with van der Waals surface area (Å²) in [5.41, 5.74) is 2.31. The molecule has 1 rings (SSSR count). The SMILES string of the molecule is CCC(CCO)NCC(O)COc1cc(C)cc(C)c1. The van der Waals surface area contributed by atoms with Crippen molar-refractivity contribution < 1.29 is 14.9 Å². The van der Waals surface area contributed by atoms with Crippen molar-refractivity contribution in [2.24, 2.45) is 0 Å². The molecule has 0 heterocycles. The molecule has 1 aromatic rings. The van der Waals surface area contributed by atoms with Crippen molar-refractivity contribution in [1.29, 1.82) is 0 Å². The van der Waals surface area contributed by atoms with Crippen molar-refractivity contribution in [2.75, 3.05) is 19.8 Å². The molecule has 4 heteroatoms. The van der Waals surface area contributed by atoms with Gasteiger partial charge in [-0.1, -0.05) is 13.0 Å². The minimum absolute atomic E-state index is 0.167. The van der Waals surface area contributed by atoms with E-state index < -0.39 is 6.10 Å². The molecule has 0 aliphatic carbocycles. The normalized spacial score (nSPS) is 14.1. The number of aryl methyl sites for hydroxylation is 2. The van der Waals surface area contributed by atoms with Crippen molar-refractivity contribution in [3.8, 4) is 5.75 Å². The molecule has 3 N–H and O–H groups in total.